The maximum Gasteiger partial charge on any atom is 0.142 e. The van der Waals surface area contributed by atoms with Crippen LogP contribution in [0.3, 0.4) is 0 Å². The average Bonchev–Trinajstić information content (AvgIpc) is 2.07. The summed E-state index contributed by atoms with van der Waals surface area (Å²) in [6.45, 7) is 11.1. The van der Waals surface area contributed by atoms with Gasteiger partial charge in [0.1, 0.15) is 12.7 Å². The number of hydrogen-bond acceptors (Lipinski definition) is 5. The number of hydrogen-bond donors (Lipinski definition) is 1. The van der Waals surface area contributed by atoms with E-state index >= 15 is 0 Å². The fourth-order valence-electron chi connectivity index (χ4n) is 0.610. The van der Waals surface area contributed by atoms with Crippen molar-refractivity contribution in [1.82, 2.24) is 0 Å². The van der Waals surface area contributed by atoms with Gasteiger partial charge in [-0.1, -0.05) is 0 Å². The zero-order chi connectivity index (χ0) is 12.8. The highest BCUT2D eigenvalue weighted by molar-refractivity contribution is 4.57. The lowest BCUT2D eigenvalue weighted by Crippen LogP contribution is -2.31. The third-order valence-corrected chi connectivity index (χ3v) is 1.20. The normalized spacial score (nSPS) is 15.2. The molecule has 0 bridgehead atoms. The van der Waals surface area contributed by atoms with Crippen LogP contribution in [0.25, 0.3) is 0 Å². The van der Waals surface area contributed by atoms with Crippen LogP contribution >= 0.6 is 0 Å². The molecule has 1 atom stereocenters. The maximum atomic E-state index is 9.01. The van der Waals surface area contributed by atoms with Crippen LogP contribution in [0.5, 0.6) is 0 Å². The molecule has 0 aliphatic heterocycles. The predicted octanol–water partition coefficient (Wildman–Crippen LogP) is 1.84. The Kier molecular flexibility index (Phi) is 6.43. The van der Waals surface area contributed by atoms with E-state index in [4.69, 9.17) is 24.7 Å². The van der Waals surface area contributed by atoms with Gasteiger partial charge in [0.25, 0.3) is 0 Å². The van der Waals surface area contributed by atoms with Gasteiger partial charge in [-0.15, -0.1) is 0 Å². The largest absolute Gasteiger partial charge is 0.393 e. The topological polar surface area (TPSA) is 57.2 Å². The Morgan fingerprint density at radius 1 is 0.938 bits per heavy atom. The summed E-state index contributed by atoms with van der Waals surface area (Å²) in [5.74, 6) is 0. The molecule has 0 saturated heterocycles. The van der Waals surface area contributed by atoms with Crippen molar-refractivity contribution in [1.29, 1.82) is 0 Å². The summed E-state index contributed by atoms with van der Waals surface area (Å²) in [5.41, 5.74) is -0.802. The van der Waals surface area contributed by atoms with Gasteiger partial charge in [-0.05, 0) is 41.5 Å². The first-order chi connectivity index (χ1) is 7.14. The molecule has 0 spiro atoms. The van der Waals surface area contributed by atoms with Crippen molar-refractivity contribution in [3.63, 3.8) is 0 Å². The highest BCUT2D eigenvalue weighted by Gasteiger charge is 2.18. The summed E-state index contributed by atoms with van der Waals surface area (Å²) < 4.78 is 0. The Bertz CT molecular complexity index is 180. The molecule has 0 aromatic heterocycles. The maximum absolute atomic E-state index is 9.01. The van der Waals surface area contributed by atoms with Crippen molar-refractivity contribution in [2.75, 3.05) is 13.2 Å². The van der Waals surface area contributed by atoms with Gasteiger partial charge in [-0.3, -0.25) is 0 Å². The van der Waals surface area contributed by atoms with Crippen molar-refractivity contribution in [2.45, 2.75) is 58.8 Å². The van der Waals surface area contributed by atoms with Gasteiger partial charge < -0.3 is 5.11 Å². The smallest absolute Gasteiger partial charge is 0.142 e. The van der Waals surface area contributed by atoms with E-state index in [2.05, 4.69) is 0 Å². The van der Waals surface area contributed by atoms with Crippen LogP contribution in [0.1, 0.15) is 41.5 Å². The molecule has 1 N–H and O–H groups in total. The van der Waals surface area contributed by atoms with Crippen molar-refractivity contribution in [3.05, 3.63) is 0 Å². The summed E-state index contributed by atoms with van der Waals surface area (Å²) in [6, 6.07) is 0. The summed E-state index contributed by atoms with van der Waals surface area (Å²) in [5, 5.41) is 9.01. The molecule has 0 heterocycles. The Morgan fingerprint density at radius 2 is 1.44 bits per heavy atom. The minimum atomic E-state index is -0.554. The van der Waals surface area contributed by atoms with Gasteiger partial charge in [-0.25, -0.2) is 19.6 Å². The van der Waals surface area contributed by atoms with Crippen LogP contribution in [0.2, 0.25) is 0 Å². The van der Waals surface area contributed by atoms with Crippen LogP contribution in [-0.4, -0.2) is 35.6 Å². The second-order valence-electron chi connectivity index (χ2n) is 5.58. The summed E-state index contributed by atoms with van der Waals surface area (Å²) in [4.78, 5) is 20.1. The molecule has 0 aromatic rings. The van der Waals surface area contributed by atoms with E-state index in [9.17, 15) is 0 Å². The SMILES string of the molecule is CC(C)(C)OOCC(CO)OOC(C)(C)C. The molecule has 0 rings (SSSR count). The molecule has 5 nitrogen and oxygen atoms in total. The van der Waals surface area contributed by atoms with Crippen LogP contribution in [-0.2, 0) is 19.6 Å². The van der Waals surface area contributed by atoms with E-state index in [1.165, 1.54) is 0 Å². The third kappa shape index (κ3) is 10.3. The van der Waals surface area contributed by atoms with Gasteiger partial charge in [0.05, 0.1) is 17.8 Å². The molecule has 5 heteroatoms. The van der Waals surface area contributed by atoms with Gasteiger partial charge in [0, 0.05) is 0 Å². The third-order valence-electron chi connectivity index (χ3n) is 1.20. The lowest BCUT2D eigenvalue weighted by molar-refractivity contribution is -0.412. The van der Waals surface area contributed by atoms with E-state index in [-0.39, 0.29) is 18.8 Å². The van der Waals surface area contributed by atoms with Crippen LogP contribution in [0, 0.1) is 0 Å². The Hall–Kier alpha value is -0.200. The molecule has 0 aliphatic carbocycles. The fourth-order valence-corrected chi connectivity index (χ4v) is 0.610. The fraction of sp³-hybridized carbons (Fsp3) is 1.00. The number of aliphatic hydroxyl groups is 1. The molecule has 1 unspecified atom stereocenters. The number of rotatable bonds is 6. The van der Waals surface area contributed by atoms with Crippen molar-refractivity contribution < 1.29 is 24.7 Å². The molecule has 0 saturated carbocycles. The minimum Gasteiger partial charge on any atom is -0.393 e. The van der Waals surface area contributed by atoms with E-state index in [1.807, 2.05) is 41.5 Å². The number of aliphatic hydroxyl groups excluding tert-OH is 1. The molecule has 0 radical (unpaired) electrons. The highest BCUT2D eigenvalue weighted by atomic mass is 17.2. The zero-order valence-electron chi connectivity index (χ0n) is 11.1. The molecule has 0 amide bonds. The molecule has 0 aliphatic rings. The zero-order valence-corrected chi connectivity index (χ0v) is 11.1. The standard InChI is InChI=1S/C11H24O5/c1-10(2,3)15-13-8-9(7-12)14-16-11(4,5)6/h9,12H,7-8H2,1-6H3. The van der Waals surface area contributed by atoms with E-state index < -0.39 is 11.7 Å². The highest BCUT2D eigenvalue weighted by Crippen LogP contribution is 2.11. The second-order valence-corrected chi connectivity index (χ2v) is 5.58. The first-order valence-corrected chi connectivity index (χ1v) is 5.40. The molecule has 16 heavy (non-hydrogen) atoms. The molecule has 98 valence electrons. The van der Waals surface area contributed by atoms with Crippen molar-refractivity contribution in [3.8, 4) is 0 Å². The molecular formula is C11H24O5. The summed E-state index contributed by atoms with van der Waals surface area (Å²) >= 11 is 0. The van der Waals surface area contributed by atoms with Gasteiger partial charge in [0.2, 0.25) is 0 Å². The Balaban J connectivity index is 3.76. The van der Waals surface area contributed by atoms with Crippen molar-refractivity contribution in [2.24, 2.45) is 0 Å². The van der Waals surface area contributed by atoms with Crippen LogP contribution in [0.15, 0.2) is 0 Å². The quantitative estimate of drug-likeness (QED) is 0.563. The van der Waals surface area contributed by atoms with E-state index in [0.29, 0.717) is 0 Å². The summed E-state index contributed by atoms with van der Waals surface area (Å²) in [7, 11) is 0. The van der Waals surface area contributed by atoms with E-state index in [1.54, 1.807) is 0 Å². The van der Waals surface area contributed by atoms with Crippen LogP contribution < -0.4 is 0 Å². The molecule has 0 fully saturated rings. The van der Waals surface area contributed by atoms with Gasteiger partial charge >= 0.3 is 0 Å². The minimum absolute atomic E-state index is 0.115. The molecule has 0 aromatic carbocycles. The lowest BCUT2D eigenvalue weighted by Gasteiger charge is -2.23. The first-order valence-electron chi connectivity index (χ1n) is 5.40. The first kappa shape index (κ1) is 15.8. The summed E-state index contributed by atoms with van der Waals surface area (Å²) in [6.07, 6.45) is -0.554. The Labute approximate surface area is 97.5 Å². The van der Waals surface area contributed by atoms with Gasteiger partial charge in [-0.2, -0.15) is 0 Å². The Morgan fingerprint density at radius 3 is 1.81 bits per heavy atom. The second kappa shape index (κ2) is 6.51. The lowest BCUT2D eigenvalue weighted by atomic mass is 10.2. The van der Waals surface area contributed by atoms with Gasteiger partial charge in [0.15, 0.2) is 0 Å². The van der Waals surface area contributed by atoms with Crippen molar-refractivity contribution >= 4 is 0 Å². The van der Waals surface area contributed by atoms with Crippen LogP contribution in [0.4, 0.5) is 0 Å². The monoisotopic (exact) mass is 236 g/mol. The predicted molar refractivity (Wildman–Crippen MR) is 59.6 cm³/mol. The van der Waals surface area contributed by atoms with E-state index in [0.717, 1.165) is 0 Å². The molecular weight excluding hydrogens is 212 g/mol. The average molecular weight is 236 g/mol.